The Morgan fingerprint density at radius 3 is 2.59 bits per heavy atom. The number of hydrogen-bond donors (Lipinski definition) is 1. The summed E-state index contributed by atoms with van der Waals surface area (Å²) in [5.41, 5.74) is -1.49. The van der Waals surface area contributed by atoms with Crippen molar-refractivity contribution in [2.24, 2.45) is 0 Å². The van der Waals surface area contributed by atoms with E-state index in [9.17, 15) is 17.6 Å². The SMILES string of the molecule is C=C/C=C(/Oc1cc(C(F)(F)F)nc(N2CCC3(CC2)CNCCO3)n1)C(=C)F. The fourth-order valence-electron chi connectivity index (χ4n) is 3.29. The average molecular weight is 414 g/mol. The quantitative estimate of drug-likeness (QED) is 0.453. The van der Waals surface area contributed by atoms with Crippen LogP contribution >= 0.6 is 0 Å². The van der Waals surface area contributed by atoms with Gasteiger partial charge in [0.2, 0.25) is 11.8 Å². The van der Waals surface area contributed by atoms with Crippen LogP contribution in [0.4, 0.5) is 23.5 Å². The Bertz CT molecular complexity index is 794. The molecule has 29 heavy (non-hydrogen) atoms. The van der Waals surface area contributed by atoms with E-state index in [1.54, 1.807) is 4.90 Å². The highest BCUT2D eigenvalue weighted by Gasteiger charge is 2.39. The first-order valence-corrected chi connectivity index (χ1v) is 9.14. The van der Waals surface area contributed by atoms with E-state index in [4.69, 9.17) is 9.47 Å². The van der Waals surface area contributed by atoms with Gasteiger partial charge in [-0.25, -0.2) is 9.37 Å². The third-order valence-electron chi connectivity index (χ3n) is 4.82. The molecule has 10 heteroatoms. The Morgan fingerprint density at radius 2 is 2.03 bits per heavy atom. The number of nitrogens with zero attached hydrogens (tertiary/aromatic N) is 3. The first kappa shape index (κ1) is 21.3. The molecule has 0 unspecified atom stereocenters. The van der Waals surface area contributed by atoms with Crippen molar-refractivity contribution in [3.63, 3.8) is 0 Å². The number of rotatable bonds is 5. The molecule has 0 atom stereocenters. The first-order chi connectivity index (χ1) is 13.7. The zero-order valence-corrected chi connectivity index (χ0v) is 15.8. The van der Waals surface area contributed by atoms with Gasteiger partial charge in [-0.3, -0.25) is 0 Å². The van der Waals surface area contributed by atoms with E-state index in [0.717, 1.165) is 12.6 Å². The summed E-state index contributed by atoms with van der Waals surface area (Å²) in [7, 11) is 0. The molecule has 0 saturated carbocycles. The van der Waals surface area contributed by atoms with Gasteiger partial charge in [-0.1, -0.05) is 19.2 Å². The van der Waals surface area contributed by atoms with Gasteiger partial charge in [-0.15, -0.1) is 0 Å². The molecule has 2 fully saturated rings. The molecule has 6 nitrogen and oxygen atoms in total. The monoisotopic (exact) mass is 414 g/mol. The largest absolute Gasteiger partial charge is 0.436 e. The molecule has 1 spiro atoms. The highest BCUT2D eigenvalue weighted by atomic mass is 19.4. The van der Waals surface area contributed by atoms with Crippen molar-refractivity contribution in [1.82, 2.24) is 15.3 Å². The minimum absolute atomic E-state index is 0.129. The van der Waals surface area contributed by atoms with Gasteiger partial charge in [0.25, 0.3) is 0 Å². The van der Waals surface area contributed by atoms with Crippen molar-refractivity contribution in [1.29, 1.82) is 0 Å². The molecule has 0 aromatic carbocycles. The molecule has 0 amide bonds. The van der Waals surface area contributed by atoms with Gasteiger partial charge in [0, 0.05) is 32.2 Å². The first-order valence-electron chi connectivity index (χ1n) is 9.14. The van der Waals surface area contributed by atoms with E-state index in [0.29, 0.717) is 45.1 Å². The second-order valence-electron chi connectivity index (χ2n) is 6.86. The van der Waals surface area contributed by atoms with Gasteiger partial charge in [0.1, 0.15) is 0 Å². The molecular weight excluding hydrogens is 392 g/mol. The van der Waals surface area contributed by atoms with E-state index in [2.05, 4.69) is 28.4 Å². The smallest absolute Gasteiger partial charge is 0.433 e. The normalized spacial score (nSPS) is 19.9. The Morgan fingerprint density at radius 1 is 1.31 bits per heavy atom. The molecule has 0 aliphatic carbocycles. The second kappa shape index (κ2) is 8.50. The fourth-order valence-corrected chi connectivity index (χ4v) is 3.29. The highest BCUT2D eigenvalue weighted by Crippen LogP contribution is 2.34. The lowest BCUT2D eigenvalue weighted by atomic mass is 9.90. The third-order valence-corrected chi connectivity index (χ3v) is 4.82. The molecule has 1 N–H and O–H groups in total. The van der Waals surface area contributed by atoms with Crippen LogP contribution in [0.5, 0.6) is 5.88 Å². The molecule has 3 rings (SSSR count). The average Bonchev–Trinajstić information content (AvgIpc) is 2.68. The number of hydrogen-bond acceptors (Lipinski definition) is 6. The standard InChI is InChI=1S/C19H22F4N4O2/c1-3-4-14(13(2)20)29-16-11-15(19(21,22)23)25-17(26-16)27-8-5-18(6-9-27)12-24-7-10-28-18/h3-4,11,24H,1-2,5-10,12H2/b14-4+. The molecule has 0 bridgehead atoms. The number of aromatic nitrogens is 2. The molecule has 1 aromatic heterocycles. The maximum absolute atomic E-state index is 13.5. The summed E-state index contributed by atoms with van der Waals surface area (Å²) >= 11 is 0. The Kier molecular flexibility index (Phi) is 6.23. The number of morpholine rings is 1. The Hall–Kier alpha value is -2.46. The number of anilines is 1. The molecule has 2 aliphatic heterocycles. The van der Waals surface area contributed by atoms with Gasteiger partial charge in [0.15, 0.2) is 17.3 Å². The summed E-state index contributed by atoms with van der Waals surface area (Å²) < 4.78 is 64.6. The number of piperidine rings is 1. The summed E-state index contributed by atoms with van der Waals surface area (Å²) in [5.74, 6) is -1.89. The van der Waals surface area contributed by atoms with Gasteiger partial charge >= 0.3 is 6.18 Å². The zero-order valence-electron chi connectivity index (χ0n) is 15.8. The molecule has 1 aromatic rings. The predicted molar refractivity (Wildman–Crippen MR) is 99.2 cm³/mol. The van der Waals surface area contributed by atoms with Crippen LogP contribution in [0.2, 0.25) is 0 Å². The van der Waals surface area contributed by atoms with Crippen LogP contribution in [0.25, 0.3) is 0 Å². The minimum atomic E-state index is -4.71. The minimum Gasteiger partial charge on any atom is -0.436 e. The van der Waals surface area contributed by atoms with E-state index in [1.807, 2.05) is 0 Å². The van der Waals surface area contributed by atoms with Gasteiger partial charge < -0.3 is 19.7 Å². The summed E-state index contributed by atoms with van der Waals surface area (Å²) in [6.07, 6.45) is -1.08. The van der Waals surface area contributed by atoms with E-state index >= 15 is 0 Å². The topological polar surface area (TPSA) is 59.5 Å². The summed E-state index contributed by atoms with van der Waals surface area (Å²) in [4.78, 5) is 9.36. The third kappa shape index (κ3) is 5.13. The van der Waals surface area contributed by atoms with Gasteiger partial charge in [0.05, 0.1) is 12.2 Å². The Balaban J connectivity index is 1.85. The number of nitrogens with one attached hydrogen (secondary N) is 1. The van der Waals surface area contributed by atoms with Crippen LogP contribution in [0.15, 0.2) is 43.0 Å². The summed E-state index contributed by atoms with van der Waals surface area (Å²) in [5, 5.41) is 3.28. The highest BCUT2D eigenvalue weighted by molar-refractivity contribution is 5.38. The van der Waals surface area contributed by atoms with Crippen molar-refractivity contribution in [2.75, 3.05) is 37.7 Å². The maximum atomic E-state index is 13.5. The van der Waals surface area contributed by atoms with Crippen LogP contribution in [-0.2, 0) is 10.9 Å². The van der Waals surface area contributed by atoms with E-state index in [1.165, 1.54) is 6.08 Å². The molecular formula is C19H22F4N4O2. The van der Waals surface area contributed by atoms with Crippen molar-refractivity contribution >= 4 is 5.95 Å². The van der Waals surface area contributed by atoms with Gasteiger partial charge in [-0.05, 0) is 18.9 Å². The lowest BCUT2D eigenvalue weighted by molar-refractivity contribution is -0.141. The molecule has 0 radical (unpaired) electrons. The number of alkyl halides is 3. The Labute approximate surface area is 165 Å². The van der Waals surface area contributed by atoms with Gasteiger partial charge in [-0.2, -0.15) is 18.2 Å². The lowest BCUT2D eigenvalue weighted by Gasteiger charge is -2.44. The lowest BCUT2D eigenvalue weighted by Crippen LogP contribution is -2.55. The number of ether oxygens (including phenoxy) is 2. The predicted octanol–water partition coefficient (Wildman–Crippen LogP) is 3.39. The maximum Gasteiger partial charge on any atom is 0.433 e. The van der Waals surface area contributed by atoms with Crippen molar-refractivity contribution in [3.8, 4) is 5.88 Å². The van der Waals surface area contributed by atoms with Crippen LogP contribution in [0.1, 0.15) is 18.5 Å². The van der Waals surface area contributed by atoms with E-state index in [-0.39, 0.29) is 17.3 Å². The van der Waals surface area contributed by atoms with Crippen LogP contribution < -0.4 is 15.0 Å². The van der Waals surface area contributed by atoms with Crippen molar-refractivity contribution < 1.29 is 27.0 Å². The molecule has 2 aliphatic rings. The van der Waals surface area contributed by atoms with E-state index < -0.39 is 23.6 Å². The molecule has 2 saturated heterocycles. The van der Waals surface area contributed by atoms with Crippen LogP contribution in [-0.4, -0.2) is 48.4 Å². The summed E-state index contributed by atoms with van der Waals surface area (Å²) in [6, 6.07) is 0.628. The fraction of sp³-hybridized carbons (Fsp3) is 0.474. The van der Waals surface area contributed by atoms with Crippen molar-refractivity contribution in [2.45, 2.75) is 24.6 Å². The molecule has 3 heterocycles. The molecule has 158 valence electrons. The summed E-state index contributed by atoms with van der Waals surface area (Å²) in [6.45, 7) is 9.44. The van der Waals surface area contributed by atoms with Crippen LogP contribution in [0, 0.1) is 0 Å². The number of allylic oxidation sites excluding steroid dienone is 3. The number of halogens is 4. The second-order valence-corrected chi connectivity index (χ2v) is 6.86. The van der Waals surface area contributed by atoms with Crippen molar-refractivity contribution in [3.05, 3.63) is 48.7 Å². The van der Waals surface area contributed by atoms with Crippen LogP contribution in [0.3, 0.4) is 0 Å². The zero-order chi connectivity index (χ0) is 21.1.